The molecule has 2 aromatic heterocycles. The number of aryl methyl sites for hydroxylation is 2. The first-order chi connectivity index (χ1) is 44.2. The summed E-state index contributed by atoms with van der Waals surface area (Å²) in [7, 11) is -9.90. The molecule has 0 aliphatic rings. The summed E-state index contributed by atoms with van der Waals surface area (Å²) in [4.78, 5) is 69.7. The van der Waals surface area contributed by atoms with Gasteiger partial charge in [-0.1, -0.05) is 12.1 Å². The number of phenols is 2. The van der Waals surface area contributed by atoms with Gasteiger partial charge in [0.25, 0.3) is 20.2 Å². The van der Waals surface area contributed by atoms with Crippen LogP contribution in [0.2, 0.25) is 0 Å². The van der Waals surface area contributed by atoms with Crippen molar-refractivity contribution in [3.63, 3.8) is 0 Å². The van der Waals surface area contributed by atoms with Crippen molar-refractivity contribution in [1.82, 2.24) is 29.9 Å². The van der Waals surface area contributed by atoms with Crippen LogP contribution < -0.4 is 31.9 Å². The van der Waals surface area contributed by atoms with Crippen LogP contribution in [0.15, 0.2) is 121 Å². The van der Waals surface area contributed by atoms with E-state index in [0.29, 0.717) is 0 Å². The third-order valence-electron chi connectivity index (χ3n) is 13.2. The first-order valence-corrected chi connectivity index (χ1v) is 29.4. The molecule has 0 unspecified atom stereocenters. The van der Waals surface area contributed by atoms with Crippen LogP contribution in [0.3, 0.4) is 0 Å². The molecule has 0 radical (unpaired) electrons. The Kier molecular flexibility index (Phi) is 19.8. The Morgan fingerprint density at radius 3 is 1.24 bits per heavy atom. The number of azo groups is 2. The molecule has 38 heteroatoms. The lowest BCUT2D eigenvalue weighted by Gasteiger charge is -2.16. The van der Waals surface area contributed by atoms with Gasteiger partial charge in [0.15, 0.2) is 11.5 Å². The molecule has 482 valence electrons. The third kappa shape index (κ3) is 15.5. The topological polar surface area (TPSA) is 559 Å². The van der Waals surface area contributed by atoms with Gasteiger partial charge in [-0.15, -0.1) is 10.2 Å². The summed E-state index contributed by atoms with van der Waals surface area (Å²) in [5.74, 6) is -7.37. The minimum absolute atomic E-state index is 0.00229. The Bertz CT molecular complexity index is 4780. The van der Waals surface area contributed by atoms with Crippen molar-refractivity contribution >= 4 is 141 Å². The Balaban J connectivity index is 1.05. The average molecular weight is 1320 g/mol. The maximum absolute atomic E-state index is 13.0. The highest BCUT2D eigenvalue weighted by atomic mass is 32.2. The number of nitrogens with one attached hydrogen (secondary N) is 6. The number of carboxylic acids is 3. The van der Waals surface area contributed by atoms with Crippen LogP contribution in [0.4, 0.5) is 81.2 Å². The number of aromatic hydroxyl groups is 2. The highest BCUT2D eigenvalue weighted by molar-refractivity contribution is 7.86. The Morgan fingerprint density at radius 2 is 0.860 bits per heavy atom. The molecule has 0 aliphatic carbocycles. The second kappa shape index (κ2) is 27.8. The molecular formula is C55H50N16O20S2. The summed E-state index contributed by atoms with van der Waals surface area (Å²) >= 11 is 0. The largest absolute Gasteiger partial charge is 0.505 e. The van der Waals surface area contributed by atoms with Gasteiger partial charge in [0.1, 0.15) is 24.6 Å². The van der Waals surface area contributed by atoms with Crippen molar-refractivity contribution in [2.45, 2.75) is 36.9 Å². The third-order valence-corrected chi connectivity index (χ3v) is 14.9. The minimum atomic E-state index is -4.95. The van der Waals surface area contributed by atoms with E-state index in [0.717, 1.165) is 42.5 Å². The highest BCUT2D eigenvalue weighted by Gasteiger charge is 2.25. The number of aliphatic hydroxyl groups is 2. The number of rotatable bonds is 27. The number of fused-ring (bicyclic) bond motifs is 2. The van der Waals surface area contributed by atoms with Gasteiger partial charge in [-0.2, -0.15) is 57.0 Å². The summed E-state index contributed by atoms with van der Waals surface area (Å²) in [6.45, 7) is 0.967. The van der Waals surface area contributed by atoms with Gasteiger partial charge in [0.05, 0.1) is 68.1 Å². The number of aromatic nitrogens is 6. The van der Waals surface area contributed by atoms with Crippen molar-refractivity contribution in [2.75, 3.05) is 58.2 Å². The van der Waals surface area contributed by atoms with Crippen molar-refractivity contribution in [3.8, 4) is 11.5 Å². The predicted octanol–water partition coefficient (Wildman–Crippen LogP) is 8.57. The monoisotopic (exact) mass is 1320 g/mol. The zero-order chi connectivity index (χ0) is 67.1. The fourth-order valence-corrected chi connectivity index (χ4v) is 10.2. The number of phenolic OH excluding ortho intramolecular Hbond substituents is 2. The molecule has 2 heterocycles. The minimum Gasteiger partial charge on any atom is -0.505 e. The fourth-order valence-electron chi connectivity index (χ4n) is 9.12. The molecular weight excluding hydrogens is 1270 g/mol. The van der Waals surface area contributed by atoms with E-state index in [1.54, 1.807) is 0 Å². The maximum atomic E-state index is 13.0. The van der Waals surface area contributed by atoms with Crippen molar-refractivity contribution in [2.24, 2.45) is 20.5 Å². The standard InChI is InChI=1S/C55H50N16O20S2/c1-24-13-28-15-33(92(84,85)86)20-39(41(28)45(74)43(24)70-68-31-5-3-26(22-90-82)35(18-31)47(76)77)60-54-64-50(56-9-11-72)62-52(66-54)58-30-7-8-38(37(17-30)49(80)81)59-53-63-51(57-10-12-73)65-55(67-53)61-40-21-34(93(87,88)89)16-29-14-25(2)44(46(75)42(29)40)71-69-32-6-4-27(23-91-83)36(19-32)48(78)79/h3-8,13-21,72-75,82-83H,9-12,22-23H2,1-2H3,(H,76,77)(H,78,79)(H,80,81)(H,84,85,86)(H,87,88,89)(H3,56,58,60,62,64,66)(H3,57,59,61,63,65,67). The van der Waals surface area contributed by atoms with Gasteiger partial charge in [0.2, 0.25) is 35.7 Å². The van der Waals surface area contributed by atoms with E-state index < -0.39 is 97.4 Å². The predicted molar refractivity (Wildman–Crippen MR) is 328 cm³/mol. The molecule has 17 N–H and O–H groups in total. The van der Waals surface area contributed by atoms with Gasteiger partial charge < -0.3 is 67.6 Å². The van der Waals surface area contributed by atoms with Gasteiger partial charge in [-0.25, -0.2) is 24.2 Å². The van der Waals surface area contributed by atoms with E-state index in [-0.39, 0.29) is 143 Å². The molecule has 0 atom stereocenters. The quantitative estimate of drug-likeness (QED) is 0.00991. The number of aliphatic hydroxyl groups excluding tert-OH is 2. The number of carbonyl (C=O) groups is 3. The molecule has 36 nitrogen and oxygen atoms in total. The van der Waals surface area contributed by atoms with Gasteiger partial charge in [-0.3, -0.25) is 19.6 Å². The molecule has 0 bridgehead atoms. The molecule has 7 aromatic carbocycles. The summed E-state index contributed by atoms with van der Waals surface area (Å²) in [6, 6.07) is 18.2. The van der Waals surface area contributed by atoms with Crippen LogP contribution >= 0.6 is 0 Å². The first kappa shape index (κ1) is 66.1. The molecule has 9 rings (SSSR count). The van der Waals surface area contributed by atoms with Crippen LogP contribution in [-0.2, 0) is 43.2 Å². The van der Waals surface area contributed by atoms with Crippen LogP contribution in [0, 0.1) is 13.8 Å². The lowest BCUT2D eigenvalue weighted by molar-refractivity contribution is -0.253. The zero-order valence-electron chi connectivity index (χ0n) is 47.8. The van der Waals surface area contributed by atoms with Crippen LogP contribution in [-0.4, -0.2) is 146 Å². The van der Waals surface area contributed by atoms with E-state index in [2.05, 4.69) is 92.0 Å². The highest BCUT2D eigenvalue weighted by Crippen LogP contribution is 2.46. The van der Waals surface area contributed by atoms with Crippen molar-refractivity contribution in [1.29, 1.82) is 0 Å². The zero-order valence-corrected chi connectivity index (χ0v) is 49.4. The van der Waals surface area contributed by atoms with Crippen molar-refractivity contribution in [3.05, 3.63) is 130 Å². The van der Waals surface area contributed by atoms with Gasteiger partial charge >= 0.3 is 17.9 Å². The number of hydrogen-bond acceptors (Lipinski definition) is 31. The number of anilines is 10. The van der Waals surface area contributed by atoms with Crippen LogP contribution in [0.5, 0.6) is 11.5 Å². The van der Waals surface area contributed by atoms with E-state index >= 15 is 0 Å². The fraction of sp³-hybridized carbons (Fsp3) is 0.145. The van der Waals surface area contributed by atoms with Crippen LogP contribution in [0.25, 0.3) is 21.5 Å². The second-order valence-corrected chi connectivity index (χ2v) is 22.4. The molecule has 0 amide bonds. The number of nitrogens with zero attached hydrogens (tertiary/aromatic N) is 10. The Morgan fingerprint density at radius 1 is 0.473 bits per heavy atom. The molecule has 0 fully saturated rings. The first-order valence-electron chi connectivity index (χ1n) is 26.6. The molecule has 93 heavy (non-hydrogen) atoms. The molecule has 0 spiro atoms. The normalized spacial score (nSPS) is 11.8. The number of benzene rings is 7. The van der Waals surface area contributed by atoms with E-state index in [1.807, 2.05) is 0 Å². The lowest BCUT2D eigenvalue weighted by Crippen LogP contribution is -2.13. The lowest BCUT2D eigenvalue weighted by atomic mass is 10.0. The Labute approximate surface area is 522 Å². The van der Waals surface area contributed by atoms with Crippen molar-refractivity contribution < 1.29 is 96.4 Å². The number of carboxylic acid groups (broad SMARTS) is 3. The van der Waals surface area contributed by atoms with Gasteiger partial charge in [-0.05, 0) is 126 Å². The molecule has 9 aromatic rings. The Hall–Kier alpha value is -11.3. The molecule has 0 saturated heterocycles. The number of hydrogen-bond donors (Lipinski definition) is 17. The SMILES string of the molecule is Cc1cc2cc(S(=O)(=O)O)cc(Nc3nc(NCCO)nc(Nc4ccc(Nc5nc(NCCO)nc(Nc6cc(S(=O)(=O)O)cc7cc(C)c(N=Nc8ccc(COO)c(C(=O)O)c8)c(O)c67)n5)c(C(=O)O)c4)n3)c2c(O)c1N=Nc1ccc(COO)c(C(=O)O)c1. The summed E-state index contributed by atoms with van der Waals surface area (Å²) in [6.07, 6.45) is 0. The van der Waals surface area contributed by atoms with Crippen LogP contribution in [0.1, 0.15) is 53.3 Å². The summed E-state index contributed by atoms with van der Waals surface area (Å²) in [5, 5.41) is 124. The average Bonchev–Trinajstić information content (AvgIpc) is 0.774. The number of aromatic carboxylic acids is 3. The van der Waals surface area contributed by atoms with E-state index in [9.17, 15) is 76.1 Å². The summed E-state index contributed by atoms with van der Waals surface area (Å²) in [5.41, 5.74) is -1.32. The van der Waals surface area contributed by atoms with Gasteiger partial charge in [0, 0.05) is 29.5 Å². The summed E-state index contributed by atoms with van der Waals surface area (Å²) < 4.78 is 71.0. The van der Waals surface area contributed by atoms with E-state index in [1.165, 1.54) is 62.4 Å². The maximum Gasteiger partial charge on any atom is 0.337 e. The smallest absolute Gasteiger partial charge is 0.337 e. The van der Waals surface area contributed by atoms with E-state index in [4.69, 9.17) is 10.5 Å². The molecule has 0 saturated carbocycles. The second-order valence-electron chi connectivity index (χ2n) is 19.6. The molecule has 0 aliphatic heterocycles.